The molecule has 2 rings (SSSR count). The van der Waals surface area contributed by atoms with Crippen molar-refractivity contribution >= 4 is 11.6 Å². The van der Waals surface area contributed by atoms with Gasteiger partial charge in [-0.25, -0.2) is 13.8 Å². The van der Waals surface area contributed by atoms with Crippen LogP contribution in [0.25, 0.3) is 0 Å². The van der Waals surface area contributed by atoms with Gasteiger partial charge in [0.15, 0.2) is 5.69 Å². The molecule has 0 fully saturated rings. The summed E-state index contributed by atoms with van der Waals surface area (Å²) in [7, 11) is 0. The first kappa shape index (κ1) is 12.0. The van der Waals surface area contributed by atoms with Crippen LogP contribution in [0.15, 0.2) is 36.5 Å². The van der Waals surface area contributed by atoms with E-state index in [-0.39, 0.29) is 17.1 Å². The van der Waals surface area contributed by atoms with Crippen LogP contribution in [0, 0.1) is 11.6 Å². The third kappa shape index (κ3) is 2.42. The largest absolute Gasteiger partial charge is 0.505 e. The van der Waals surface area contributed by atoms with Gasteiger partial charge in [-0.1, -0.05) is 0 Å². The van der Waals surface area contributed by atoms with Gasteiger partial charge in [0.25, 0.3) is 5.91 Å². The van der Waals surface area contributed by atoms with Crippen molar-refractivity contribution in [1.29, 1.82) is 0 Å². The minimum atomic E-state index is -0.822. The van der Waals surface area contributed by atoms with E-state index in [0.717, 1.165) is 18.2 Å². The number of anilines is 1. The molecule has 0 saturated carbocycles. The second-order valence-electron chi connectivity index (χ2n) is 3.45. The number of nitrogens with zero attached hydrogens (tertiary/aromatic N) is 1. The van der Waals surface area contributed by atoms with Gasteiger partial charge >= 0.3 is 0 Å². The maximum atomic E-state index is 13.3. The molecule has 0 saturated heterocycles. The number of amides is 1. The molecule has 0 aliphatic rings. The summed E-state index contributed by atoms with van der Waals surface area (Å²) in [4.78, 5) is 15.3. The van der Waals surface area contributed by atoms with Crippen LogP contribution in [0.1, 0.15) is 10.5 Å². The number of aromatic nitrogens is 1. The average molecular weight is 250 g/mol. The first-order valence-electron chi connectivity index (χ1n) is 4.98. The Morgan fingerprint density at radius 1 is 1.28 bits per heavy atom. The topological polar surface area (TPSA) is 62.2 Å². The van der Waals surface area contributed by atoms with Crippen molar-refractivity contribution in [1.82, 2.24) is 4.98 Å². The fourth-order valence-corrected chi connectivity index (χ4v) is 1.35. The van der Waals surface area contributed by atoms with Crippen molar-refractivity contribution in [2.24, 2.45) is 0 Å². The molecule has 0 aliphatic carbocycles. The summed E-state index contributed by atoms with van der Waals surface area (Å²) in [6.07, 6.45) is 1.30. The number of aromatic hydroxyl groups is 1. The molecule has 1 aromatic heterocycles. The third-order valence-corrected chi connectivity index (χ3v) is 2.18. The Morgan fingerprint density at radius 3 is 2.78 bits per heavy atom. The number of hydrogen-bond acceptors (Lipinski definition) is 3. The van der Waals surface area contributed by atoms with Crippen molar-refractivity contribution in [3.8, 4) is 5.75 Å². The lowest BCUT2D eigenvalue weighted by atomic mass is 10.2. The van der Waals surface area contributed by atoms with Gasteiger partial charge in [-0.2, -0.15) is 0 Å². The molecule has 0 radical (unpaired) electrons. The number of halogens is 2. The summed E-state index contributed by atoms with van der Waals surface area (Å²) in [6.45, 7) is 0. The Labute approximate surface area is 101 Å². The Hall–Kier alpha value is -2.50. The number of hydrogen-bond donors (Lipinski definition) is 2. The van der Waals surface area contributed by atoms with E-state index >= 15 is 0 Å². The van der Waals surface area contributed by atoms with Crippen LogP contribution in [0.4, 0.5) is 14.5 Å². The molecule has 0 bridgehead atoms. The normalized spacial score (nSPS) is 10.1. The maximum absolute atomic E-state index is 13.3. The molecule has 18 heavy (non-hydrogen) atoms. The van der Waals surface area contributed by atoms with Crippen molar-refractivity contribution < 1.29 is 18.7 Å². The molecule has 0 unspecified atom stereocenters. The van der Waals surface area contributed by atoms with Gasteiger partial charge in [0.2, 0.25) is 0 Å². The van der Waals surface area contributed by atoms with Crippen molar-refractivity contribution in [3.63, 3.8) is 0 Å². The number of benzene rings is 1. The molecule has 1 amide bonds. The minimum absolute atomic E-state index is 0.263. The number of rotatable bonds is 2. The standard InChI is InChI=1S/C12H8F2N2O2/c13-7-3-4-8(14)9(6-7)16-12(18)11-10(17)2-1-5-15-11/h1-6,17H,(H,16,18). The summed E-state index contributed by atoms with van der Waals surface area (Å²) in [5.41, 5.74) is -0.578. The van der Waals surface area contributed by atoms with E-state index in [1.54, 1.807) is 0 Å². The van der Waals surface area contributed by atoms with E-state index in [0.29, 0.717) is 0 Å². The van der Waals surface area contributed by atoms with E-state index in [4.69, 9.17) is 0 Å². The molecule has 2 aromatic rings. The van der Waals surface area contributed by atoms with Crippen LogP contribution in [0.2, 0.25) is 0 Å². The van der Waals surface area contributed by atoms with Crippen LogP contribution < -0.4 is 5.32 Å². The zero-order chi connectivity index (χ0) is 13.1. The highest BCUT2D eigenvalue weighted by Gasteiger charge is 2.14. The van der Waals surface area contributed by atoms with Gasteiger partial charge in [0.05, 0.1) is 5.69 Å². The highest BCUT2D eigenvalue weighted by molar-refractivity contribution is 6.04. The van der Waals surface area contributed by atoms with E-state index in [9.17, 15) is 18.7 Å². The quantitative estimate of drug-likeness (QED) is 0.859. The second kappa shape index (κ2) is 4.79. The first-order valence-corrected chi connectivity index (χ1v) is 4.98. The van der Waals surface area contributed by atoms with E-state index in [1.807, 2.05) is 0 Å². The number of carbonyl (C=O) groups is 1. The zero-order valence-electron chi connectivity index (χ0n) is 9.02. The fourth-order valence-electron chi connectivity index (χ4n) is 1.35. The average Bonchev–Trinajstić information content (AvgIpc) is 2.34. The predicted molar refractivity (Wildman–Crippen MR) is 60.2 cm³/mol. The van der Waals surface area contributed by atoms with Crippen LogP contribution in [-0.2, 0) is 0 Å². The summed E-state index contributed by atoms with van der Waals surface area (Å²) in [6, 6.07) is 5.37. The summed E-state index contributed by atoms with van der Waals surface area (Å²) in [5.74, 6) is -2.62. The monoisotopic (exact) mass is 250 g/mol. The number of nitrogens with one attached hydrogen (secondary N) is 1. The molecule has 1 aromatic carbocycles. The Kier molecular flexibility index (Phi) is 3.18. The van der Waals surface area contributed by atoms with Crippen molar-refractivity contribution in [2.75, 3.05) is 5.32 Å². The van der Waals surface area contributed by atoms with Gasteiger partial charge in [-0.05, 0) is 24.3 Å². The molecule has 92 valence electrons. The lowest BCUT2D eigenvalue weighted by Crippen LogP contribution is -2.14. The number of pyridine rings is 1. The minimum Gasteiger partial charge on any atom is -0.505 e. The van der Waals surface area contributed by atoms with Gasteiger partial charge in [0.1, 0.15) is 17.4 Å². The first-order chi connectivity index (χ1) is 8.58. The van der Waals surface area contributed by atoms with Crippen LogP contribution in [-0.4, -0.2) is 16.0 Å². The maximum Gasteiger partial charge on any atom is 0.278 e. The molecular weight excluding hydrogens is 242 g/mol. The molecule has 2 N–H and O–H groups in total. The highest BCUT2D eigenvalue weighted by Crippen LogP contribution is 2.18. The Balaban J connectivity index is 2.27. The highest BCUT2D eigenvalue weighted by atomic mass is 19.1. The molecular formula is C12H8F2N2O2. The molecule has 1 heterocycles. The fraction of sp³-hybridized carbons (Fsp3) is 0. The van der Waals surface area contributed by atoms with E-state index < -0.39 is 17.5 Å². The van der Waals surface area contributed by atoms with E-state index in [1.165, 1.54) is 18.3 Å². The SMILES string of the molecule is O=C(Nc1cc(F)ccc1F)c1ncccc1O. The second-order valence-corrected chi connectivity index (χ2v) is 3.45. The predicted octanol–water partition coefficient (Wildman–Crippen LogP) is 2.32. The summed E-state index contributed by atoms with van der Waals surface area (Å²) < 4.78 is 26.2. The van der Waals surface area contributed by atoms with Gasteiger partial charge in [0, 0.05) is 12.3 Å². The van der Waals surface area contributed by atoms with Crippen molar-refractivity contribution in [3.05, 3.63) is 53.9 Å². The smallest absolute Gasteiger partial charge is 0.278 e. The van der Waals surface area contributed by atoms with Crippen LogP contribution in [0.5, 0.6) is 5.75 Å². The van der Waals surface area contributed by atoms with E-state index in [2.05, 4.69) is 10.3 Å². The zero-order valence-corrected chi connectivity index (χ0v) is 9.02. The molecule has 6 heteroatoms. The van der Waals surface area contributed by atoms with Crippen LogP contribution >= 0.6 is 0 Å². The van der Waals surface area contributed by atoms with Crippen molar-refractivity contribution in [2.45, 2.75) is 0 Å². The summed E-state index contributed by atoms with van der Waals surface area (Å²) >= 11 is 0. The Bertz CT molecular complexity index is 602. The summed E-state index contributed by atoms with van der Waals surface area (Å²) in [5, 5.41) is 11.5. The third-order valence-electron chi connectivity index (χ3n) is 2.18. The molecule has 0 aliphatic heterocycles. The van der Waals surface area contributed by atoms with Gasteiger partial charge in [-0.15, -0.1) is 0 Å². The lowest BCUT2D eigenvalue weighted by molar-refractivity contribution is 0.101. The molecule has 0 atom stereocenters. The van der Waals surface area contributed by atoms with Gasteiger partial charge in [-0.3, -0.25) is 4.79 Å². The van der Waals surface area contributed by atoms with Crippen LogP contribution in [0.3, 0.4) is 0 Å². The number of carbonyl (C=O) groups excluding carboxylic acids is 1. The molecule has 4 nitrogen and oxygen atoms in total. The van der Waals surface area contributed by atoms with Gasteiger partial charge < -0.3 is 10.4 Å². The Morgan fingerprint density at radius 2 is 2.06 bits per heavy atom. The molecule has 0 spiro atoms. The lowest BCUT2D eigenvalue weighted by Gasteiger charge is -2.06.